The Morgan fingerprint density at radius 3 is 2.50 bits per heavy atom. The molecule has 0 aliphatic heterocycles. The summed E-state index contributed by atoms with van der Waals surface area (Å²) in [6.07, 6.45) is -0.176. The molecule has 0 radical (unpaired) electrons. The van der Waals surface area contributed by atoms with Crippen LogP contribution in [0.2, 0.25) is 0 Å². The Hall–Kier alpha value is -1.40. The van der Waals surface area contributed by atoms with Crippen LogP contribution in [-0.2, 0) is 17.8 Å². The third kappa shape index (κ3) is 2.30. The van der Waals surface area contributed by atoms with Crippen molar-refractivity contribution in [2.75, 3.05) is 0 Å². The summed E-state index contributed by atoms with van der Waals surface area (Å²) in [7, 11) is 0. The highest BCUT2D eigenvalue weighted by Gasteiger charge is 2.14. The molecule has 1 aromatic rings. The van der Waals surface area contributed by atoms with E-state index in [-0.39, 0.29) is 17.8 Å². The Morgan fingerprint density at radius 1 is 1.43 bits per heavy atom. The summed E-state index contributed by atoms with van der Waals surface area (Å²) in [6, 6.07) is 1.42. The van der Waals surface area contributed by atoms with E-state index in [1.807, 2.05) is 0 Å². The van der Waals surface area contributed by atoms with Crippen molar-refractivity contribution in [2.24, 2.45) is 5.73 Å². The fourth-order valence-electron chi connectivity index (χ4n) is 1.03. The lowest BCUT2D eigenvalue weighted by molar-refractivity contribution is -0.136. The van der Waals surface area contributed by atoms with E-state index in [2.05, 4.69) is 0 Å². The van der Waals surface area contributed by atoms with Crippen LogP contribution >= 0.6 is 11.3 Å². The van der Waals surface area contributed by atoms with Crippen LogP contribution in [0.3, 0.4) is 0 Å². The summed E-state index contributed by atoms with van der Waals surface area (Å²) in [5.41, 5.74) is 5.95. The Balaban J connectivity index is 3.02. The molecule has 5 nitrogen and oxygen atoms in total. The second kappa shape index (κ2) is 4.21. The average Bonchev–Trinajstić information content (AvgIpc) is 2.46. The zero-order valence-electron chi connectivity index (χ0n) is 7.19. The molecule has 0 saturated heterocycles. The molecule has 0 amide bonds. The Labute approximate surface area is 83.8 Å². The first-order valence-electron chi connectivity index (χ1n) is 3.81. The molecule has 0 unspecified atom stereocenters. The second-order valence-corrected chi connectivity index (χ2v) is 3.78. The third-order valence-electron chi connectivity index (χ3n) is 1.64. The first-order chi connectivity index (χ1) is 6.54. The fraction of sp³-hybridized carbons (Fsp3) is 0.250. The molecule has 6 heteroatoms. The molecule has 0 aliphatic carbocycles. The number of rotatable bonds is 4. The predicted octanol–water partition coefficient (Wildman–Crippen LogP) is 0.532. The summed E-state index contributed by atoms with van der Waals surface area (Å²) < 4.78 is 0. The van der Waals surface area contributed by atoms with Crippen LogP contribution in [0.15, 0.2) is 6.07 Å². The number of nitrogens with two attached hydrogens (primary N) is 1. The lowest BCUT2D eigenvalue weighted by Gasteiger charge is -1.95. The van der Waals surface area contributed by atoms with Crippen molar-refractivity contribution < 1.29 is 19.8 Å². The highest BCUT2D eigenvalue weighted by atomic mass is 32.1. The smallest absolute Gasteiger partial charge is 0.345 e. The van der Waals surface area contributed by atoms with Gasteiger partial charge >= 0.3 is 11.9 Å². The van der Waals surface area contributed by atoms with Crippen molar-refractivity contribution >= 4 is 23.3 Å². The maximum Gasteiger partial charge on any atom is 0.345 e. The van der Waals surface area contributed by atoms with Gasteiger partial charge in [-0.25, -0.2) is 4.79 Å². The summed E-state index contributed by atoms with van der Waals surface area (Å²) in [4.78, 5) is 21.7. The Morgan fingerprint density at radius 2 is 2.07 bits per heavy atom. The van der Waals surface area contributed by atoms with Crippen molar-refractivity contribution in [1.29, 1.82) is 0 Å². The normalized spacial score (nSPS) is 10.1. The van der Waals surface area contributed by atoms with Gasteiger partial charge < -0.3 is 15.9 Å². The van der Waals surface area contributed by atoms with Gasteiger partial charge in [-0.1, -0.05) is 0 Å². The summed E-state index contributed by atoms with van der Waals surface area (Å²) >= 11 is 0.960. The third-order valence-corrected chi connectivity index (χ3v) is 2.80. The van der Waals surface area contributed by atoms with Crippen molar-refractivity contribution in [1.82, 2.24) is 0 Å². The molecule has 0 aliphatic rings. The van der Waals surface area contributed by atoms with Gasteiger partial charge in [-0.3, -0.25) is 4.79 Å². The quantitative estimate of drug-likeness (QED) is 0.680. The van der Waals surface area contributed by atoms with Crippen LogP contribution in [0.5, 0.6) is 0 Å². The van der Waals surface area contributed by atoms with Gasteiger partial charge in [-0.05, 0) is 11.6 Å². The van der Waals surface area contributed by atoms with E-state index in [9.17, 15) is 9.59 Å². The first kappa shape index (κ1) is 10.7. The lowest BCUT2D eigenvalue weighted by Crippen LogP contribution is -2.03. The number of thiophene rings is 1. The maximum atomic E-state index is 10.6. The van der Waals surface area contributed by atoms with Crippen molar-refractivity contribution in [3.63, 3.8) is 0 Å². The monoisotopic (exact) mass is 215 g/mol. The van der Waals surface area contributed by atoms with Crippen LogP contribution in [0.25, 0.3) is 0 Å². The number of carboxylic acids is 2. The number of aliphatic carboxylic acids is 1. The molecule has 0 fully saturated rings. The van der Waals surface area contributed by atoms with Crippen LogP contribution in [0.1, 0.15) is 20.1 Å². The molecule has 1 heterocycles. The molecule has 1 rings (SSSR count). The number of aromatic carboxylic acids is 1. The zero-order chi connectivity index (χ0) is 10.7. The van der Waals surface area contributed by atoms with E-state index >= 15 is 0 Å². The maximum absolute atomic E-state index is 10.6. The molecule has 4 N–H and O–H groups in total. The van der Waals surface area contributed by atoms with E-state index in [0.29, 0.717) is 10.4 Å². The minimum absolute atomic E-state index is 0.127. The molecule has 14 heavy (non-hydrogen) atoms. The number of carbonyl (C=O) groups is 2. The van der Waals surface area contributed by atoms with E-state index in [4.69, 9.17) is 15.9 Å². The zero-order valence-corrected chi connectivity index (χ0v) is 8.00. The molecule has 0 saturated carbocycles. The van der Waals surface area contributed by atoms with Crippen molar-refractivity contribution in [3.05, 3.63) is 21.4 Å². The largest absolute Gasteiger partial charge is 0.481 e. The Bertz CT molecular complexity index is 371. The number of hydrogen-bond acceptors (Lipinski definition) is 4. The average molecular weight is 215 g/mol. The molecular weight excluding hydrogens is 206 g/mol. The van der Waals surface area contributed by atoms with Gasteiger partial charge in [-0.2, -0.15) is 0 Å². The lowest BCUT2D eigenvalue weighted by atomic mass is 10.2. The molecule has 0 atom stereocenters. The van der Waals surface area contributed by atoms with E-state index in [1.165, 1.54) is 6.07 Å². The van der Waals surface area contributed by atoms with Gasteiger partial charge in [0.1, 0.15) is 4.88 Å². The Kier molecular flexibility index (Phi) is 3.21. The molecule has 0 spiro atoms. The van der Waals surface area contributed by atoms with Crippen LogP contribution in [0.4, 0.5) is 0 Å². The van der Waals surface area contributed by atoms with E-state index < -0.39 is 11.9 Å². The predicted molar refractivity (Wildman–Crippen MR) is 50.5 cm³/mol. The topological polar surface area (TPSA) is 101 Å². The van der Waals surface area contributed by atoms with Gasteiger partial charge in [0.2, 0.25) is 0 Å². The molecule has 0 aromatic carbocycles. The minimum atomic E-state index is -1.05. The summed E-state index contributed by atoms with van der Waals surface area (Å²) in [5, 5.41) is 17.2. The van der Waals surface area contributed by atoms with Crippen LogP contribution < -0.4 is 5.73 Å². The van der Waals surface area contributed by atoms with E-state index in [1.54, 1.807) is 0 Å². The first-order valence-corrected chi connectivity index (χ1v) is 4.63. The summed E-state index contributed by atoms with van der Waals surface area (Å²) in [5.74, 6) is -2.04. The second-order valence-electron chi connectivity index (χ2n) is 2.64. The number of carboxylic acid groups (broad SMARTS) is 2. The van der Waals surface area contributed by atoms with Gasteiger partial charge in [0.05, 0.1) is 6.42 Å². The van der Waals surface area contributed by atoms with Crippen molar-refractivity contribution in [3.8, 4) is 0 Å². The van der Waals surface area contributed by atoms with Gasteiger partial charge in [0.25, 0.3) is 0 Å². The number of hydrogen-bond donors (Lipinski definition) is 3. The van der Waals surface area contributed by atoms with Crippen LogP contribution in [0, 0.1) is 0 Å². The molecule has 76 valence electrons. The van der Waals surface area contributed by atoms with Gasteiger partial charge in [-0.15, -0.1) is 11.3 Å². The summed E-state index contributed by atoms with van der Waals surface area (Å²) in [6.45, 7) is 0.159. The highest BCUT2D eigenvalue weighted by Crippen LogP contribution is 2.22. The highest BCUT2D eigenvalue weighted by molar-refractivity contribution is 7.14. The van der Waals surface area contributed by atoms with Gasteiger partial charge in [0.15, 0.2) is 0 Å². The van der Waals surface area contributed by atoms with Crippen LogP contribution in [-0.4, -0.2) is 22.2 Å². The standard InChI is InChI=1S/C8H9NO4S/c9-3-4-1-6(8(12)13)14-5(4)2-7(10)11/h1H,2-3,9H2,(H,10,11)(H,12,13). The minimum Gasteiger partial charge on any atom is -0.481 e. The molecular formula is C8H9NO4S. The molecule has 0 bridgehead atoms. The molecule has 1 aromatic heterocycles. The van der Waals surface area contributed by atoms with E-state index in [0.717, 1.165) is 11.3 Å². The van der Waals surface area contributed by atoms with Crippen molar-refractivity contribution in [2.45, 2.75) is 13.0 Å². The van der Waals surface area contributed by atoms with Gasteiger partial charge in [0, 0.05) is 11.4 Å². The fourth-order valence-corrected chi connectivity index (χ4v) is 2.05. The SMILES string of the molecule is NCc1cc(C(=O)O)sc1CC(=O)O.